The number of amides is 1. The molecule has 0 saturated carbocycles. The van der Waals surface area contributed by atoms with Crippen LogP contribution in [0.5, 0.6) is 0 Å². The summed E-state index contributed by atoms with van der Waals surface area (Å²) in [6, 6.07) is 2.76. The van der Waals surface area contributed by atoms with E-state index in [2.05, 4.69) is 22.2 Å². The minimum atomic E-state index is -0.0715. The monoisotopic (exact) mass is 305 g/mol. The first-order chi connectivity index (χ1) is 10.6. The van der Waals surface area contributed by atoms with Crippen molar-refractivity contribution in [2.45, 2.75) is 44.7 Å². The molecule has 1 aromatic heterocycles. The molecule has 3 heterocycles. The fraction of sp³-hybridized carbons (Fsp3) is 0.706. The first-order valence-corrected chi connectivity index (χ1v) is 8.41. The highest BCUT2D eigenvalue weighted by molar-refractivity contribution is 5.93. The van der Waals surface area contributed by atoms with Crippen LogP contribution in [0.1, 0.15) is 41.8 Å². The van der Waals surface area contributed by atoms with Crippen LogP contribution in [0.4, 0.5) is 0 Å². The Balaban J connectivity index is 1.54. The van der Waals surface area contributed by atoms with E-state index in [0.717, 1.165) is 24.9 Å². The van der Waals surface area contributed by atoms with Gasteiger partial charge in [-0.25, -0.2) is 0 Å². The Kier molecular flexibility index (Phi) is 4.84. The van der Waals surface area contributed by atoms with E-state index >= 15 is 0 Å². The standard InChI is InChI=1S/C17H27N3O2/c1-13-7-11-22-16(13)17(21)18-14-4-3-8-20(12-14)15-5-9-19(2)10-6-15/h7,11,14-15H,3-6,8-10,12H2,1-2H3,(H,18,21). The summed E-state index contributed by atoms with van der Waals surface area (Å²) in [6.07, 6.45) is 6.29. The lowest BCUT2D eigenvalue weighted by atomic mass is 9.98. The number of nitrogens with one attached hydrogen (secondary N) is 1. The third kappa shape index (κ3) is 3.52. The maximum Gasteiger partial charge on any atom is 0.287 e. The Morgan fingerprint density at radius 2 is 2.05 bits per heavy atom. The number of hydrogen-bond acceptors (Lipinski definition) is 4. The summed E-state index contributed by atoms with van der Waals surface area (Å²) >= 11 is 0. The van der Waals surface area contributed by atoms with Gasteiger partial charge in [-0.2, -0.15) is 0 Å². The van der Waals surface area contributed by atoms with Crippen LogP contribution < -0.4 is 5.32 Å². The van der Waals surface area contributed by atoms with Crippen molar-refractivity contribution in [2.75, 3.05) is 33.2 Å². The summed E-state index contributed by atoms with van der Waals surface area (Å²) in [6.45, 7) is 6.41. The number of nitrogens with zero attached hydrogens (tertiary/aromatic N) is 2. The average molecular weight is 305 g/mol. The highest BCUT2D eigenvalue weighted by Crippen LogP contribution is 2.21. The Morgan fingerprint density at radius 1 is 1.27 bits per heavy atom. The molecule has 2 aliphatic heterocycles. The van der Waals surface area contributed by atoms with Crippen molar-refractivity contribution in [3.05, 3.63) is 23.7 Å². The van der Waals surface area contributed by atoms with E-state index in [1.54, 1.807) is 6.26 Å². The summed E-state index contributed by atoms with van der Waals surface area (Å²) in [5, 5.41) is 3.16. The smallest absolute Gasteiger partial charge is 0.287 e. The van der Waals surface area contributed by atoms with Gasteiger partial charge in [0.2, 0.25) is 0 Å². The van der Waals surface area contributed by atoms with Gasteiger partial charge in [-0.15, -0.1) is 0 Å². The van der Waals surface area contributed by atoms with E-state index in [4.69, 9.17) is 4.42 Å². The van der Waals surface area contributed by atoms with Crippen molar-refractivity contribution in [3.63, 3.8) is 0 Å². The second kappa shape index (κ2) is 6.84. The molecule has 1 unspecified atom stereocenters. The van der Waals surface area contributed by atoms with Crippen molar-refractivity contribution in [3.8, 4) is 0 Å². The van der Waals surface area contributed by atoms with Crippen molar-refractivity contribution in [1.29, 1.82) is 0 Å². The van der Waals surface area contributed by atoms with Crippen LogP contribution >= 0.6 is 0 Å². The number of piperidine rings is 2. The van der Waals surface area contributed by atoms with Crippen LogP contribution in [0.3, 0.4) is 0 Å². The molecule has 3 rings (SSSR count). The molecule has 122 valence electrons. The quantitative estimate of drug-likeness (QED) is 0.926. The summed E-state index contributed by atoms with van der Waals surface area (Å²) in [4.78, 5) is 17.3. The molecule has 0 spiro atoms. The predicted octanol–water partition coefficient (Wildman–Crippen LogP) is 1.88. The second-order valence-corrected chi connectivity index (χ2v) is 6.77. The third-order valence-electron chi connectivity index (χ3n) is 5.06. The van der Waals surface area contributed by atoms with Crippen molar-refractivity contribution >= 4 is 5.91 Å². The molecule has 0 radical (unpaired) electrons. The van der Waals surface area contributed by atoms with E-state index in [-0.39, 0.29) is 11.9 Å². The van der Waals surface area contributed by atoms with Crippen LogP contribution in [0, 0.1) is 6.92 Å². The molecule has 0 aliphatic carbocycles. The molecule has 0 aromatic carbocycles. The predicted molar refractivity (Wildman–Crippen MR) is 86.0 cm³/mol. The van der Waals surface area contributed by atoms with Gasteiger partial charge in [0.05, 0.1) is 6.26 Å². The lowest BCUT2D eigenvalue weighted by molar-refractivity contribution is 0.0749. The molecule has 1 N–H and O–H groups in total. The van der Waals surface area contributed by atoms with Crippen LogP contribution in [0.15, 0.2) is 16.7 Å². The van der Waals surface area contributed by atoms with Gasteiger partial charge in [-0.1, -0.05) is 0 Å². The highest BCUT2D eigenvalue weighted by atomic mass is 16.3. The van der Waals surface area contributed by atoms with Crippen LogP contribution in [-0.2, 0) is 0 Å². The molecule has 1 atom stereocenters. The Hall–Kier alpha value is -1.33. The molecular formula is C17H27N3O2. The summed E-state index contributed by atoms with van der Waals surface area (Å²) in [7, 11) is 2.20. The van der Waals surface area contributed by atoms with Crippen molar-refractivity contribution < 1.29 is 9.21 Å². The first kappa shape index (κ1) is 15.6. The van der Waals surface area contributed by atoms with E-state index in [1.807, 2.05) is 13.0 Å². The number of likely N-dealkylation sites (tertiary alicyclic amines) is 2. The molecule has 1 aromatic rings. The van der Waals surface area contributed by atoms with Gasteiger partial charge in [0.1, 0.15) is 0 Å². The van der Waals surface area contributed by atoms with Gasteiger partial charge >= 0.3 is 0 Å². The molecule has 0 bridgehead atoms. The SMILES string of the molecule is Cc1ccoc1C(=O)NC1CCCN(C2CCN(C)CC2)C1. The number of hydrogen-bond donors (Lipinski definition) is 1. The Morgan fingerprint density at radius 3 is 2.73 bits per heavy atom. The lowest BCUT2D eigenvalue weighted by Crippen LogP contribution is -2.53. The first-order valence-electron chi connectivity index (χ1n) is 8.41. The van der Waals surface area contributed by atoms with Crippen LogP contribution in [0.25, 0.3) is 0 Å². The second-order valence-electron chi connectivity index (χ2n) is 6.77. The minimum absolute atomic E-state index is 0.0715. The van der Waals surface area contributed by atoms with E-state index < -0.39 is 0 Å². The maximum atomic E-state index is 12.3. The maximum absolute atomic E-state index is 12.3. The van der Waals surface area contributed by atoms with Gasteiger partial charge in [0.25, 0.3) is 5.91 Å². The average Bonchev–Trinajstić information content (AvgIpc) is 2.94. The van der Waals surface area contributed by atoms with Crippen LogP contribution in [-0.4, -0.2) is 61.0 Å². The largest absolute Gasteiger partial charge is 0.459 e. The third-order valence-corrected chi connectivity index (χ3v) is 5.06. The fourth-order valence-corrected chi connectivity index (χ4v) is 3.67. The number of carbonyl (C=O) groups excluding carboxylic acids is 1. The summed E-state index contributed by atoms with van der Waals surface area (Å²) in [5.74, 6) is 0.383. The zero-order chi connectivity index (χ0) is 15.5. The van der Waals surface area contributed by atoms with Gasteiger partial charge in [-0.3, -0.25) is 9.69 Å². The van der Waals surface area contributed by atoms with E-state index in [1.165, 1.54) is 32.5 Å². The molecule has 2 saturated heterocycles. The molecule has 2 fully saturated rings. The molecule has 1 amide bonds. The lowest BCUT2D eigenvalue weighted by Gasteiger charge is -2.41. The number of carbonyl (C=O) groups is 1. The molecule has 2 aliphatic rings. The number of rotatable bonds is 3. The number of aryl methyl sites for hydroxylation is 1. The van der Waals surface area contributed by atoms with Crippen molar-refractivity contribution in [1.82, 2.24) is 15.1 Å². The minimum Gasteiger partial charge on any atom is -0.459 e. The molecule has 5 heteroatoms. The molecular weight excluding hydrogens is 278 g/mol. The normalized spacial score (nSPS) is 25.3. The zero-order valence-electron chi connectivity index (χ0n) is 13.7. The van der Waals surface area contributed by atoms with E-state index in [9.17, 15) is 4.79 Å². The van der Waals surface area contributed by atoms with Crippen LogP contribution in [0.2, 0.25) is 0 Å². The zero-order valence-corrected chi connectivity index (χ0v) is 13.7. The molecule has 5 nitrogen and oxygen atoms in total. The summed E-state index contributed by atoms with van der Waals surface area (Å²) in [5.41, 5.74) is 0.903. The van der Waals surface area contributed by atoms with Gasteiger partial charge in [0, 0.05) is 24.2 Å². The number of furan rings is 1. The van der Waals surface area contributed by atoms with Gasteiger partial charge < -0.3 is 14.6 Å². The van der Waals surface area contributed by atoms with Crippen molar-refractivity contribution in [2.24, 2.45) is 0 Å². The van der Waals surface area contributed by atoms with E-state index in [0.29, 0.717) is 11.8 Å². The molecule has 22 heavy (non-hydrogen) atoms. The van der Waals surface area contributed by atoms with Gasteiger partial charge in [0.15, 0.2) is 5.76 Å². The van der Waals surface area contributed by atoms with Gasteiger partial charge in [-0.05, 0) is 65.4 Å². The topological polar surface area (TPSA) is 48.7 Å². The highest BCUT2D eigenvalue weighted by Gasteiger charge is 2.29. The fourth-order valence-electron chi connectivity index (χ4n) is 3.67. The summed E-state index contributed by atoms with van der Waals surface area (Å²) < 4.78 is 5.29. The Bertz CT molecular complexity index is 506. The Labute approximate surface area is 132 Å².